The molecule has 1 aromatic carbocycles. The average molecular weight is 313 g/mol. The molecule has 118 valence electrons. The van der Waals surface area contributed by atoms with E-state index in [4.69, 9.17) is 4.18 Å². The van der Waals surface area contributed by atoms with Crippen molar-refractivity contribution >= 4 is 16.0 Å². The molecule has 0 fully saturated rings. The summed E-state index contributed by atoms with van der Waals surface area (Å²) in [7, 11) is -3.50. The highest BCUT2D eigenvalue weighted by molar-refractivity contribution is 7.87. The van der Waals surface area contributed by atoms with Gasteiger partial charge in [0.25, 0.3) is 0 Å². The number of benzene rings is 1. The number of hydrogen-bond acceptors (Lipinski definition) is 4. The Bertz CT molecular complexity index is 564. The van der Waals surface area contributed by atoms with Crippen LogP contribution in [-0.4, -0.2) is 31.5 Å². The molecule has 0 bridgehead atoms. The maximum Gasteiger partial charge on any atom is 0.308 e. The van der Waals surface area contributed by atoms with E-state index in [9.17, 15) is 13.2 Å². The normalized spacial score (nSPS) is 11.5. The molecule has 0 aliphatic carbocycles. The Labute approximate surface area is 127 Å². The van der Waals surface area contributed by atoms with E-state index < -0.39 is 10.1 Å². The van der Waals surface area contributed by atoms with Crippen LogP contribution in [0.15, 0.2) is 24.3 Å². The Morgan fingerprint density at radius 3 is 2.24 bits per heavy atom. The van der Waals surface area contributed by atoms with Gasteiger partial charge in [-0.05, 0) is 30.5 Å². The molecule has 0 unspecified atom stereocenters. The van der Waals surface area contributed by atoms with Crippen LogP contribution in [0.3, 0.4) is 0 Å². The average Bonchev–Trinajstić information content (AvgIpc) is 2.39. The van der Waals surface area contributed by atoms with Crippen molar-refractivity contribution in [3.05, 3.63) is 29.8 Å². The molecule has 0 aliphatic heterocycles. The van der Waals surface area contributed by atoms with Crippen molar-refractivity contribution in [3.63, 3.8) is 0 Å². The number of carbonyl (C=O) groups excluding carboxylic acids is 1. The van der Waals surface area contributed by atoms with Gasteiger partial charge in [-0.2, -0.15) is 8.42 Å². The predicted molar refractivity (Wildman–Crippen MR) is 82.5 cm³/mol. The molecule has 0 aromatic heterocycles. The van der Waals surface area contributed by atoms with Gasteiger partial charge in [0.1, 0.15) is 5.75 Å². The summed E-state index contributed by atoms with van der Waals surface area (Å²) < 4.78 is 27.6. The van der Waals surface area contributed by atoms with Gasteiger partial charge in [-0.3, -0.25) is 4.79 Å². The summed E-state index contributed by atoms with van der Waals surface area (Å²) in [5, 5.41) is 0. The van der Waals surface area contributed by atoms with E-state index in [0.29, 0.717) is 24.8 Å². The van der Waals surface area contributed by atoms with E-state index in [1.54, 1.807) is 36.1 Å². The molecule has 6 heteroatoms. The van der Waals surface area contributed by atoms with Crippen molar-refractivity contribution in [2.24, 2.45) is 5.92 Å². The highest BCUT2D eigenvalue weighted by Gasteiger charge is 2.12. The van der Waals surface area contributed by atoms with Gasteiger partial charge in [0.05, 0.1) is 5.75 Å². The molecular weight excluding hydrogens is 290 g/mol. The van der Waals surface area contributed by atoms with Crippen molar-refractivity contribution in [1.82, 2.24) is 4.90 Å². The molecule has 0 N–H and O–H groups in total. The van der Waals surface area contributed by atoms with Crippen LogP contribution < -0.4 is 4.18 Å². The summed E-state index contributed by atoms with van der Waals surface area (Å²) in [5.41, 5.74) is 0.937. The molecule has 0 saturated heterocycles. The summed E-state index contributed by atoms with van der Waals surface area (Å²) >= 11 is 0. The Balaban J connectivity index is 2.75. The third-order valence-electron chi connectivity index (χ3n) is 2.90. The number of carbonyl (C=O) groups is 1. The van der Waals surface area contributed by atoms with Gasteiger partial charge < -0.3 is 9.08 Å². The van der Waals surface area contributed by atoms with Crippen LogP contribution in [0.4, 0.5) is 0 Å². The zero-order valence-electron chi connectivity index (χ0n) is 13.0. The molecule has 0 aliphatic rings. The van der Waals surface area contributed by atoms with Crippen molar-refractivity contribution in [1.29, 1.82) is 0 Å². The molecule has 1 amide bonds. The van der Waals surface area contributed by atoms with Crippen LogP contribution in [0, 0.1) is 5.92 Å². The monoisotopic (exact) mass is 313 g/mol. The largest absolute Gasteiger partial charge is 0.382 e. The molecule has 0 spiro atoms. The molecule has 0 heterocycles. The van der Waals surface area contributed by atoms with Gasteiger partial charge in [0.15, 0.2) is 0 Å². The summed E-state index contributed by atoms with van der Waals surface area (Å²) in [6.45, 7) is 8.39. The zero-order chi connectivity index (χ0) is 16.0. The van der Waals surface area contributed by atoms with Crippen LogP contribution >= 0.6 is 0 Å². The first-order valence-corrected chi connectivity index (χ1v) is 8.58. The lowest BCUT2D eigenvalue weighted by Gasteiger charge is -2.23. The molecule has 5 nitrogen and oxygen atoms in total. The van der Waals surface area contributed by atoms with E-state index >= 15 is 0 Å². The first kappa shape index (κ1) is 17.5. The summed E-state index contributed by atoms with van der Waals surface area (Å²) in [4.78, 5) is 13.4. The van der Waals surface area contributed by atoms with Crippen molar-refractivity contribution in [2.45, 2.75) is 34.2 Å². The SMILES string of the molecule is CCS(=O)(=O)Oc1ccc(CN(CC(C)C)C(C)=O)cc1. The minimum atomic E-state index is -3.50. The molecule has 21 heavy (non-hydrogen) atoms. The van der Waals surface area contributed by atoms with Crippen LogP contribution in [0.25, 0.3) is 0 Å². The fourth-order valence-corrected chi connectivity index (χ4v) is 2.34. The lowest BCUT2D eigenvalue weighted by atomic mass is 10.1. The Morgan fingerprint density at radius 2 is 1.81 bits per heavy atom. The quantitative estimate of drug-likeness (QED) is 0.725. The van der Waals surface area contributed by atoms with Crippen LogP contribution in [0.2, 0.25) is 0 Å². The van der Waals surface area contributed by atoms with E-state index in [1.807, 2.05) is 0 Å². The van der Waals surface area contributed by atoms with E-state index in [2.05, 4.69) is 13.8 Å². The molecule has 1 rings (SSSR count). The smallest absolute Gasteiger partial charge is 0.308 e. The van der Waals surface area contributed by atoms with Crippen molar-refractivity contribution in [2.75, 3.05) is 12.3 Å². The highest BCUT2D eigenvalue weighted by Crippen LogP contribution is 2.16. The van der Waals surface area contributed by atoms with Gasteiger partial charge in [0.2, 0.25) is 5.91 Å². The minimum absolute atomic E-state index is 0.0255. The van der Waals surface area contributed by atoms with E-state index in [1.165, 1.54) is 6.92 Å². The molecule has 0 radical (unpaired) electrons. The Kier molecular flexibility index (Phi) is 6.20. The first-order valence-electron chi connectivity index (χ1n) is 7.00. The summed E-state index contributed by atoms with van der Waals surface area (Å²) in [5.74, 6) is 0.643. The van der Waals surface area contributed by atoms with E-state index in [-0.39, 0.29) is 11.7 Å². The third kappa shape index (κ3) is 6.16. The topological polar surface area (TPSA) is 63.7 Å². The van der Waals surface area contributed by atoms with Crippen LogP contribution in [0.1, 0.15) is 33.3 Å². The number of hydrogen-bond donors (Lipinski definition) is 0. The number of rotatable bonds is 7. The fraction of sp³-hybridized carbons (Fsp3) is 0.533. The zero-order valence-corrected chi connectivity index (χ0v) is 13.8. The lowest BCUT2D eigenvalue weighted by molar-refractivity contribution is -0.130. The number of nitrogens with zero attached hydrogens (tertiary/aromatic N) is 1. The number of amides is 1. The van der Waals surface area contributed by atoms with Crippen LogP contribution in [0.5, 0.6) is 5.75 Å². The standard InChI is InChI=1S/C15H23NO4S/c1-5-21(18,19)20-15-8-6-14(7-9-15)11-16(13(4)17)10-12(2)3/h6-9,12H,5,10-11H2,1-4H3. The second-order valence-electron chi connectivity index (χ2n) is 5.37. The summed E-state index contributed by atoms with van der Waals surface area (Å²) in [6.07, 6.45) is 0. The van der Waals surface area contributed by atoms with Gasteiger partial charge in [0, 0.05) is 20.0 Å². The maximum atomic E-state index is 11.6. The maximum absolute atomic E-state index is 11.6. The highest BCUT2D eigenvalue weighted by atomic mass is 32.2. The van der Waals surface area contributed by atoms with Crippen molar-refractivity contribution in [3.8, 4) is 5.75 Å². The molecule has 0 atom stereocenters. The Hall–Kier alpha value is -1.56. The third-order valence-corrected chi connectivity index (χ3v) is 4.06. The molecule has 0 saturated carbocycles. The Morgan fingerprint density at radius 1 is 1.24 bits per heavy atom. The summed E-state index contributed by atoms with van der Waals surface area (Å²) in [6, 6.07) is 6.76. The minimum Gasteiger partial charge on any atom is -0.382 e. The van der Waals surface area contributed by atoms with Crippen molar-refractivity contribution < 1.29 is 17.4 Å². The lowest BCUT2D eigenvalue weighted by Crippen LogP contribution is -2.31. The molecule has 1 aromatic rings. The van der Waals surface area contributed by atoms with Gasteiger partial charge in [-0.15, -0.1) is 0 Å². The first-order chi connectivity index (χ1) is 9.73. The van der Waals surface area contributed by atoms with Gasteiger partial charge in [-0.1, -0.05) is 26.0 Å². The van der Waals surface area contributed by atoms with E-state index in [0.717, 1.165) is 5.56 Å². The van der Waals surface area contributed by atoms with Gasteiger partial charge in [-0.25, -0.2) is 0 Å². The predicted octanol–water partition coefficient (Wildman–Crippen LogP) is 2.42. The second-order valence-corrected chi connectivity index (χ2v) is 7.23. The van der Waals surface area contributed by atoms with Gasteiger partial charge >= 0.3 is 10.1 Å². The molecular formula is C15H23NO4S. The van der Waals surface area contributed by atoms with Crippen LogP contribution in [-0.2, 0) is 21.5 Å². The fourth-order valence-electron chi connectivity index (χ4n) is 1.82. The second kappa shape index (κ2) is 7.45.